The molecule has 1 aromatic heterocycles. The Hall–Kier alpha value is -1.51. The standard InChI is InChI=1S/C7H5N2O/c10-7-8-5-3-1-2-4-6(5)9-7/h1,3-4H,(H2,8,9,10). The molecule has 0 atom stereocenters. The van der Waals surface area contributed by atoms with E-state index < -0.39 is 0 Å². The van der Waals surface area contributed by atoms with Gasteiger partial charge in [-0.3, -0.25) is 0 Å². The third-order valence-electron chi connectivity index (χ3n) is 1.36. The number of hydrogen-bond acceptors (Lipinski definition) is 1. The zero-order valence-electron chi connectivity index (χ0n) is 5.14. The van der Waals surface area contributed by atoms with Crippen LogP contribution in [0.4, 0.5) is 0 Å². The number of nitrogens with one attached hydrogen (secondary N) is 2. The van der Waals surface area contributed by atoms with Crippen molar-refractivity contribution in [3.8, 4) is 0 Å². The lowest BCUT2D eigenvalue weighted by Crippen LogP contribution is -1.99. The highest BCUT2D eigenvalue weighted by Crippen LogP contribution is 2.02. The van der Waals surface area contributed by atoms with Gasteiger partial charge in [0.05, 0.1) is 11.0 Å². The third-order valence-corrected chi connectivity index (χ3v) is 1.36. The van der Waals surface area contributed by atoms with Gasteiger partial charge in [0.15, 0.2) is 0 Å². The van der Waals surface area contributed by atoms with Gasteiger partial charge in [-0.25, -0.2) is 4.79 Å². The topological polar surface area (TPSA) is 48.6 Å². The molecule has 0 aliphatic carbocycles. The summed E-state index contributed by atoms with van der Waals surface area (Å²) in [6, 6.07) is 8.14. The van der Waals surface area contributed by atoms with Gasteiger partial charge in [-0.05, 0) is 18.2 Å². The van der Waals surface area contributed by atoms with Crippen molar-refractivity contribution in [2.75, 3.05) is 0 Å². The summed E-state index contributed by atoms with van der Waals surface area (Å²) < 4.78 is 0. The summed E-state index contributed by atoms with van der Waals surface area (Å²) in [5.74, 6) is 0. The number of benzene rings is 1. The van der Waals surface area contributed by atoms with Crippen LogP contribution in [0.25, 0.3) is 11.0 Å². The van der Waals surface area contributed by atoms with Gasteiger partial charge in [-0.2, -0.15) is 0 Å². The molecule has 0 amide bonds. The lowest BCUT2D eigenvalue weighted by molar-refractivity contribution is 1.21. The molecule has 0 spiro atoms. The zero-order chi connectivity index (χ0) is 6.97. The molecule has 1 radical (unpaired) electrons. The van der Waals surface area contributed by atoms with Crippen LogP contribution in [0.15, 0.2) is 23.0 Å². The molecule has 1 aromatic carbocycles. The summed E-state index contributed by atoms with van der Waals surface area (Å²) in [6.07, 6.45) is 0. The maximum atomic E-state index is 10.7. The largest absolute Gasteiger partial charge is 0.323 e. The predicted octanol–water partition coefficient (Wildman–Crippen LogP) is 0.656. The van der Waals surface area contributed by atoms with Gasteiger partial charge in [0.25, 0.3) is 0 Å². The van der Waals surface area contributed by atoms with Crippen molar-refractivity contribution in [3.05, 3.63) is 34.7 Å². The van der Waals surface area contributed by atoms with Gasteiger partial charge < -0.3 is 9.97 Å². The fourth-order valence-corrected chi connectivity index (χ4v) is 0.919. The summed E-state index contributed by atoms with van der Waals surface area (Å²) in [5, 5.41) is 0. The molecule has 3 nitrogen and oxygen atoms in total. The van der Waals surface area contributed by atoms with E-state index in [1.807, 2.05) is 0 Å². The van der Waals surface area contributed by atoms with E-state index in [1.165, 1.54) is 0 Å². The molecule has 49 valence electrons. The van der Waals surface area contributed by atoms with Gasteiger partial charge >= 0.3 is 5.69 Å². The lowest BCUT2D eigenvalue weighted by Gasteiger charge is -1.81. The molecule has 0 aliphatic rings. The van der Waals surface area contributed by atoms with Crippen LogP contribution in [0.1, 0.15) is 0 Å². The highest BCUT2D eigenvalue weighted by atomic mass is 16.1. The van der Waals surface area contributed by atoms with Crippen LogP contribution in [0.5, 0.6) is 0 Å². The Balaban J connectivity index is 3.01. The normalized spacial score (nSPS) is 10.4. The quantitative estimate of drug-likeness (QED) is 0.544. The van der Waals surface area contributed by atoms with Crippen LogP contribution in [0.2, 0.25) is 0 Å². The second kappa shape index (κ2) is 1.73. The molecule has 0 aliphatic heterocycles. The van der Waals surface area contributed by atoms with Crippen LogP contribution >= 0.6 is 0 Å². The Morgan fingerprint density at radius 1 is 1.30 bits per heavy atom. The molecule has 0 saturated carbocycles. The average molecular weight is 133 g/mol. The number of aromatic nitrogens is 2. The number of H-pyrrole nitrogens is 2. The highest BCUT2D eigenvalue weighted by molar-refractivity contribution is 5.73. The highest BCUT2D eigenvalue weighted by Gasteiger charge is 1.92. The monoisotopic (exact) mass is 133 g/mol. The molecule has 2 aromatic rings. The number of imidazole rings is 1. The van der Waals surface area contributed by atoms with Gasteiger partial charge in [0.1, 0.15) is 0 Å². The molecule has 2 N–H and O–H groups in total. The van der Waals surface area contributed by atoms with Gasteiger partial charge in [0, 0.05) is 0 Å². The smallest absolute Gasteiger partial charge is 0.306 e. The minimum atomic E-state index is -0.172. The summed E-state index contributed by atoms with van der Waals surface area (Å²) in [6.45, 7) is 0. The molecule has 0 unspecified atom stereocenters. The molecule has 0 fully saturated rings. The first-order valence-corrected chi connectivity index (χ1v) is 2.94. The van der Waals surface area contributed by atoms with E-state index in [1.54, 1.807) is 18.2 Å². The predicted molar refractivity (Wildman–Crippen MR) is 37.8 cm³/mol. The molecule has 1 heterocycles. The van der Waals surface area contributed by atoms with Crippen LogP contribution in [0, 0.1) is 6.07 Å². The van der Waals surface area contributed by atoms with Gasteiger partial charge in [-0.15, -0.1) is 0 Å². The van der Waals surface area contributed by atoms with Gasteiger partial charge in [-0.1, -0.05) is 6.07 Å². The van der Waals surface area contributed by atoms with Crippen LogP contribution in [0.3, 0.4) is 0 Å². The van der Waals surface area contributed by atoms with Crippen LogP contribution in [-0.2, 0) is 0 Å². The van der Waals surface area contributed by atoms with Crippen molar-refractivity contribution in [1.29, 1.82) is 0 Å². The third kappa shape index (κ3) is 0.639. The Morgan fingerprint density at radius 3 is 2.90 bits per heavy atom. The van der Waals surface area contributed by atoms with Crippen LogP contribution < -0.4 is 5.69 Å². The van der Waals surface area contributed by atoms with Crippen molar-refractivity contribution in [2.45, 2.75) is 0 Å². The summed E-state index contributed by atoms with van der Waals surface area (Å²) in [5.41, 5.74) is 1.45. The summed E-state index contributed by atoms with van der Waals surface area (Å²) in [7, 11) is 0. The van der Waals surface area contributed by atoms with Gasteiger partial charge in [0.2, 0.25) is 0 Å². The first-order valence-electron chi connectivity index (χ1n) is 2.94. The molecular weight excluding hydrogens is 128 g/mol. The Morgan fingerprint density at radius 2 is 2.10 bits per heavy atom. The molecule has 2 rings (SSSR count). The fourth-order valence-electron chi connectivity index (χ4n) is 0.919. The molecule has 0 bridgehead atoms. The average Bonchev–Trinajstić information content (AvgIpc) is 2.27. The molecular formula is C7H5N2O. The molecule has 10 heavy (non-hydrogen) atoms. The van der Waals surface area contributed by atoms with Crippen molar-refractivity contribution in [3.63, 3.8) is 0 Å². The number of fused-ring (bicyclic) bond motifs is 1. The number of rotatable bonds is 0. The van der Waals surface area contributed by atoms with E-state index in [9.17, 15) is 4.79 Å². The molecule has 3 heteroatoms. The number of aromatic amines is 2. The minimum absolute atomic E-state index is 0.172. The first-order chi connectivity index (χ1) is 4.86. The van der Waals surface area contributed by atoms with E-state index in [-0.39, 0.29) is 5.69 Å². The number of hydrogen-bond donors (Lipinski definition) is 2. The lowest BCUT2D eigenvalue weighted by atomic mass is 10.3. The van der Waals surface area contributed by atoms with Crippen molar-refractivity contribution >= 4 is 11.0 Å². The fraction of sp³-hybridized carbons (Fsp3) is 0. The van der Waals surface area contributed by atoms with E-state index in [4.69, 9.17) is 0 Å². The van der Waals surface area contributed by atoms with E-state index in [0.29, 0.717) is 0 Å². The zero-order valence-corrected chi connectivity index (χ0v) is 5.14. The molecule has 0 saturated heterocycles. The van der Waals surface area contributed by atoms with Crippen LogP contribution in [-0.4, -0.2) is 9.97 Å². The Labute approximate surface area is 56.7 Å². The maximum absolute atomic E-state index is 10.7. The second-order valence-corrected chi connectivity index (χ2v) is 2.05. The summed E-state index contributed by atoms with van der Waals surface area (Å²) >= 11 is 0. The minimum Gasteiger partial charge on any atom is -0.306 e. The van der Waals surface area contributed by atoms with E-state index >= 15 is 0 Å². The van der Waals surface area contributed by atoms with E-state index in [0.717, 1.165) is 11.0 Å². The van der Waals surface area contributed by atoms with Crippen molar-refractivity contribution < 1.29 is 0 Å². The second-order valence-electron chi connectivity index (χ2n) is 2.05. The Bertz CT molecular complexity index is 363. The Kier molecular flexibility index (Phi) is 0.917. The first kappa shape index (κ1) is 5.29. The van der Waals surface area contributed by atoms with Crippen molar-refractivity contribution in [2.24, 2.45) is 0 Å². The maximum Gasteiger partial charge on any atom is 0.323 e. The van der Waals surface area contributed by atoms with E-state index in [2.05, 4.69) is 16.0 Å². The summed E-state index contributed by atoms with van der Waals surface area (Å²) in [4.78, 5) is 15.9. The SMILES string of the molecule is O=c1[nH]c2c[c]ccc2[nH]1. The van der Waals surface area contributed by atoms with Crippen molar-refractivity contribution in [1.82, 2.24) is 9.97 Å².